The summed E-state index contributed by atoms with van der Waals surface area (Å²) in [4.78, 5) is 13.7. The number of halogens is 2. The van der Waals surface area contributed by atoms with Crippen LogP contribution in [0.25, 0.3) is 0 Å². The Balaban J connectivity index is 1.32. The third-order valence-corrected chi connectivity index (χ3v) is 10.7. The second-order valence-electron chi connectivity index (χ2n) is 11.5. The quantitative estimate of drug-likeness (QED) is 0.317. The molecule has 7 nitrogen and oxygen atoms in total. The van der Waals surface area contributed by atoms with Crippen molar-refractivity contribution in [1.29, 1.82) is 0 Å². The predicted molar refractivity (Wildman–Crippen MR) is 162 cm³/mol. The van der Waals surface area contributed by atoms with Gasteiger partial charge in [-0.2, -0.15) is 4.31 Å². The molecule has 0 bridgehead atoms. The van der Waals surface area contributed by atoms with Gasteiger partial charge in [0.2, 0.25) is 15.9 Å². The Morgan fingerprint density at radius 2 is 1.72 bits per heavy atom. The number of hydrogen-bond acceptors (Lipinski definition) is 5. The molecule has 3 atom stereocenters. The third kappa shape index (κ3) is 7.49. The zero-order chi connectivity index (χ0) is 30.4. The first kappa shape index (κ1) is 31.3. The van der Waals surface area contributed by atoms with Crippen LogP contribution in [0.3, 0.4) is 0 Å². The number of piperazine rings is 1. The van der Waals surface area contributed by atoms with Gasteiger partial charge in [-0.25, -0.2) is 17.2 Å². The standard InChI is InChI=1S/C33H39F2N3O4S/c1-23-21-36-22-27(38(23)43(40,41)28-6-3-2-4-7-28)14-15-29-31(35)8-5-9-32(29)37-33(39)20-30(25-16-18-42-19-17-25)24-10-12-26(34)13-11-24/h2-13,23,25,27,30,36H,14-22H2,1H3,(H,37,39)/t23-,27-,30?/m0/s1. The molecule has 2 saturated heterocycles. The fourth-order valence-electron chi connectivity index (χ4n) is 6.40. The second-order valence-corrected chi connectivity index (χ2v) is 13.3. The zero-order valence-corrected chi connectivity index (χ0v) is 25.2. The molecule has 5 rings (SSSR count). The highest BCUT2D eigenvalue weighted by Crippen LogP contribution is 2.36. The number of carbonyl (C=O) groups is 1. The molecule has 0 radical (unpaired) electrons. The lowest BCUT2D eigenvalue weighted by atomic mass is 9.79. The lowest BCUT2D eigenvalue weighted by Gasteiger charge is -2.40. The first-order valence-electron chi connectivity index (χ1n) is 14.9. The molecule has 1 amide bonds. The summed E-state index contributed by atoms with van der Waals surface area (Å²) >= 11 is 0. The Morgan fingerprint density at radius 1 is 1.00 bits per heavy atom. The molecule has 43 heavy (non-hydrogen) atoms. The van der Waals surface area contributed by atoms with Crippen molar-refractivity contribution in [3.8, 4) is 0 Å². The van der Waals surface area contributed by atoms with Crippen molar-refractivity contribution >= 4 is 21.6 Å². The minimum atomic E-state index is -3.76. The van der Waals surface area contributed by atoms with Gasteiger partial charge in [-0.15, -0.1) is 0 Å². The summed E-state index contributed by atoms with van der Waals surface area (Å²) in [7, 11) is -3.76. The molecule has 2 fully saturated rings. The molecular formula is C33H39F2N3O4S. The maximum absolute atomic E-state index is 15.2. The Labute approximate surface area is 252 Å². The number of amides is 1. The monoisotopic (exact) mass is 611 g/mol. The second kappa shape index (κ2) is 14.1. The van der Waals surface area contributed by atoms with Gasteiger partial charge in [0, 0.05) is 56.1 Å². The lowest BCUT2D eigenvalue weighted by molar-refractivity contribution is -0.117. The molecule has 0 spiro atoms. The van der Waals surface area contributed by atoms with Crippen molar-refractivity contribution in [3.05, 3.63) is 95.6 Å². The molecule has 3 aromatic rings. The molecule has 2 aliphatic rings. The summed E-state index contributed by atoms with van der Waals surface area (Å²) in [6.45, 7) is 4.06. The fraction of sp³-hybridized carbons (Fsp3) is 0.424. The molecule has 2 N–H and O–H groups in total. The summed E-state index contributed by atoms with van der Waals surface area (Å²) in [5, 5.41) is 6.24. The molecule has 1 unspecified atom stereocenters. The molecule has 0 saturated carbocycles. The van der Waals surface area contributed by atoms with Crippen molar-refractivity contribution < 1.29 is 26.7 Å². The topological polar surface area (TPSA) is 87.7 Å². The number of nitrogens with one attached hydrogen (secondary N) is 2. The van der Waals surface area contributed by atoms with Gasteiger partial charge in [-0.3, -0.25) is 4.79 Å². The average Bonchev–Trinajstić information content (AvgIpc) is 3.01. The Kier molecular flexibility index (Phi) is 10.2. The van der Waals surface area contributed by atoms with Gasteiger partial charge >= 0.3 is 0 Å². The fourth-order valence-corrected chi connectivity index (χ4v) is 8.27. The van der Waals surface area contributed by atoms with E-state index in [9.17, 15) is 17.6 Å². The van der Waals surface area contributed by atoms with Gasteiger partial charge in [0.25, 0.3) is 0 Å². The molecule has 2 heterocycles. The van der Waals surface area contributed by atoms with Gasteiger partial charge < -0.3 is 15.4 Å². The van der Waals surface area contributed by atoms with E-state index in [4.69, 9.17) is 4.74 Å². The van der Waals surface area contributed by atoms with E-state index in [0.717, 1.165) is 18.4 Å². The van der Waals surface area contributed by atoms with Crippen LogP contribution in [0.2, 0.25) is 0 Å². The molecule has 0 aliphatic carbocycles. The van der Waals surface area contributed by atoms with E-state index in [-0.39, 0.29) is 47.3 Å². The normalized spacial score (nSPS) is 20.9. The smallest absolute Gasteiger partial charge is 0.243 e. The maximum atomic E-state index is 15.2. The van der Waals surface area contributed by atoms with Crippen LogP contribution in [0.5, 0.6) is 0 Å². The minimum absolute atomic E-state index is 0.131. The van der Waals surface area contributed by atoms with E-state index in [1.807, 2.05) is 6.92 Å². The van der Waals surface area contributed by atoms with Crippen LogP contribution in [0.15, 0.2) is 77.7 Å². The highest BCUT2D eigenvalue weighted by atomic mass is 32.2. The Bertz CT molecular complexity index is 1480. The van der Waals surface area contributed by atoms with Crippen molar-refractivity contribution in [2.45, 2.75) is 61.9 Å². The van der Waals surface area contributed by atoms with Crippen molar-refractivity contribution in [3.63, 3.8) is 0 Å². The van der Waals surface area contributed by atoms with Gasteiger partial charge in [-0.05, 0) is 86.4 Å². The number of rotatable bonds is 10. The van der Waals surface area contributed by atoms with Crippen molar-refractivity contribution in [1.82, 2.24) is 9.62 Å². The number of ether oxygens (including phenoxy) is 1. The Hall–Kier alpha value is -3.18. The molecular weight excluding hydrogens is 572 g/mol. The summed E-state index contributed by atoms with van der Waals surface area (Å²) in [5.41, 5.74) is 1.61. The van der Waals surface area contributed by atoms with Crippen LogP contribution in [-0.2, 0) is 26.0 Å². The maximum Gasteiger partial charge on any atom is 0.243 e. The molecule has 3 aromatic carbocycles. The van der Waals surface area contributed by atoms with Crippen molar-refractivity contribution in [2.75, 3.05) is 31.6 Å². The molecule has 10 heteroatoms. The van der Waals surface area contributed by atoms with Crippen LogP contribution < -0.4 is 10.6 Å². The van der Waals surface area contributed by atoms with Crippen LogP contribution in [0, 0.1) is 17.6 Å². The largest absolute Gasteiger partial charge is 0.381 e. The predicted octanol–water partition coefficient (Wildman–Crippen LogP) is 5.49. The van der Waals surface area contributed by atoms with E-state index in [1.54, 1.807) is 58.9 Å². The number of carbonyl (C=O) groups excluding carboxylic acids is 1. The number of nitrogens with zero attached hydrogens (tertiary/aromatic N) is 1. The summed E-state index contributed by atoms with van der Waals surface area (Å²) < 4.78 is 63.2. The van der Waals surface area contributed by atoms with Crippen LogP contribution in [0.4, 0.5) is 14.5 Å². The average molecular weight is 612 g/mol. The van der Waals surface area contributed by atoms with E-state index in [2.05, 4.69) is 10.6 Å². The van der Waals surface area contributed by atoms with Gasteiger partial charge in [0.1, 0.15) is 11.6 Å². The van der Waals surface area contributed by atoms with E-state index in [0.29, 0.717) is 44.0 Å². The highest BCUT2D eigenvalue weighted by Gasteiger charge is 2.38. The highest BCUT2D eigenvalue weighted by molar-refractivity contribution is 7.89. The number of benzene rings is 3. The van der Waals surface area contributed by atoms with Crippen LogP contribution in [-0.4, -0.2) is 57.0 Å². The van der Waals surface area contributed by atoms with E-state index in [1.165, 1.54) is 18.2 Å². The summed E-state index contributed by atoms with van der Waals surface area (Å²) in [6, 6.07) is 18.5. The first-order chi connectivity index (χ1) is 20.7. The Morgan fingerprint density at radius 3 is 2.44 bits per heavy atom. The molecule has 0 aromatic heterocycles. The van der Waals surface area contributed by atoms with Crippen molar-refractivity contribution in [2.24, 2.45) is 5.92 Å². The first-order valence-corrected chi connectivity index (χ1v) is 16.4. The van der Waals surface area contributed by atoms with Gasteiger partial charge in [-0.1, -0.05) is 36.4 Å². The molecule has 230 valence electrons. The van der Waals surface area contributed by atoms with Crippen LogP contribution >= 0.6 is 0 Å². The third-order valence-electron chi connectivity index (χ3n) is 8.59. The SMILES string of the molecule is C[C@H]1CNC[C@H](CCc2c(F)cccc2NC(=O)CC(c2ccc(F)cc2)C2CCOCC2)N1S(=O)(=O)c1ccccc1. The van der Waals surface area contributed by atoms with Gasteiger partial charge in [0.15, 0.2) is 0 Å². The summed E-state index contributed by atoms with van der Waals surface area (Å²) in [5.74, 6) is -0.968. The molecule has 2 aliphatic heterocycles. The lowest BCUT2D eigenvalue weighted by Crippen LogP contribution is -2.58. The summed E-state index contributed by atoms with van der Waals surface area (Å²) in [6.07, 6.45) is 2.38. The zero-order valence-electron chi connectivity index (χ0n) is 24.3. The minimum Gasteiger partial charge on any atom is -0.381 e. The van der Waals surface area contributed by atoms with Crippen LogP contribution in [0.1, 0.15) is 49.7 Å². The number of anilines is 1. The van der Waals surface area contributed by atoms with E-state index >= 15 is 4.39 Å². The number of sulfonamides is 1. The van der Waals surface area contributed by atoms with Gasteiger partial charge in [0.05, 0.1) is 4.90 Å². The number of hydrogen-bond donors (Lipinski definition) is 2. The van der Waals surface area contributed by atoms with E-state index < -0.39 is 21.9 Å².